The number of nitrogens with zero attached hydrogens (tertiary/aromatic N) is 3. The van der Waals surface area contributed by atoms with Crippen LogP contribution in [-0.4, -0.2) is 47.4 Å². The summed E-state index contributed by atoms with van der Waals surface area (Å²) in [6.07, 6.45) is 0. The van der Waals surface area contributed by atoms with Crippen molar-refractivity contribution in [3.05, 3.63) is 6.07 Å². The maximum atomic E-state index is 5.11. The highest BCUT2D eigenvalue weighted by Gasteiger charge is 2.48. The molecule has 0 amide bonds. The first-order chi connectivity index (χ1) is 7.71. The number of rotatable bonds is 3. The molecule has 2 aliphatic rings. The van der Waals surface area contributed by atoms with Crippen LogP contribution in [0.3, 0.4) is 0 Å². The van der Waals surface area contributed by atoms with E-state index in [0.717, 1.165) is 5.03 Å². The fourth-order valence-corrected chi connectivity index (χ4v) is 3.46. The number of methoxy groups -OCH3 is 1. The fraction of sp³-hybridized carbons (Fsp3) is 0.700. The zero-order valence-corrected chi connectivity index (χ0v) is 10.4. The second-order valence-electron chi connectivity index (χ2n) is 4.64. The molecule has 16 heavy (non-hydrogen) atoms. The minimum absolute atomic E-state index is 0.579. The predicted octanol–water partition coefficient (Wildman–Crippen LogP) is 0.341. The van der Waals surface area contributed by atoms with Gasteiger partial charge in [-0.15, -0.1) is 5.10 Å². The van der Waals surface area contributed by atoms with Crippen LogP contribution in [0.2, 0.25) is 0 Å². The predicted molar refractivity (Wildman–Crippen MR) is 62.5 cm³/mol. The van der Waals surface area contributed by atoms with Gasteiger partial charge in [0.25, 0.3) is 0 Å². The lowest BCUT2D eigenvalue weighted by molar-refractivity contribution is 0.0234. The Morgan fingerprint density at radius 2 is 2.25 bits per heavy atom. The zero-order valence-electron chi connectivity index (χ0n) is 9.56. The van der Waals surface area contributed by atoms with Crippen LogP contribution in [0.4, 0.5) is 0 Å². The number of nitrogens with one attached hydrogen (secondary N) is 1. The van der Waals surface area contributed by atoms with Gasteiger partial charge in [0.05, 0.1) is 7.11 Å². The summed E-state index contributed by atoms with van der Waals surface area (Å²) >= 11 is 1.77. The highest BCUT2D eigenvalue weighted by atomic mass is 32.2. The normalized spacial score (nSPS) is 22.9. The van der Waals surface area contributed by atoms with Gasteiger partial charge in [-0.05, 0) is 11.9 Å². The molecular weight excluding hydrogens is 224 g/mol. The van der Waals surface area contributed by atoms with E-state index in [9.17, 15) is 0 Å². The van der Waals surface area contributed by atoms with Crippen LogP contribution in [-0.2, 0) is 7.05 Å². The summed E-state index contributed by atoms with van der Waals surface area (Å²) in [4.78, 5) is 0. The van der Waals surface area contributed by atoms with Gasteiger partial charge in [-0.2, -0.15) is 0 Å². The Bertz CT molecular complexity index is 394. The maximum absolute atomic E-state index is 5.11. The van der Waals surface area contributed by atoms with E-state index in [0.29, 0.717) is 11.3 Å². The van der Waals surface area contributed by atoms with Crippen molar-refractivity contribution in [3.8, 4) is 5.88 Å². The van der Waals surface area contributed by atoms with Crippen LogP contribution in [0.1, 0.15) is 0 Å². The van der Waals surface area contributed by atoms with Crippen molar-refractivity contribution in [2.45, 2.75) is 5.03 Å². The van der Waals surface area contributed by atoms with Gasteiger partial charge >= 0.3 is 0 Å². The summed E-state index contributed by atoms with van der Waals surface area (Å²) in [5.74, 6) is 0.686. The quantitative estimate of drug-likeness (QED) is 0.772. The summed E-state index contributed by atoms with van der Waals surface area (Å²) in [5.41, 5.74) is 0.579. The number of aryl methyl sites for hydroxylation is 1. The van der Waals surface area contributed by atoms with Crippen LogP contribution in [0.5, 0.6) is 5.88 Å². The molecule has 0 unspecified atom stereocenters. The lowest BCUT2D eigenvalue weighted by atomic mass is 9.76. The Hall–Kier alpha value is -0.720. The lowest BCUT2D eigenvalue weighted by Crippen LogP contribution is -2.69. The number of ether oxygens (including phenoxy) is 1. The van der Waals surface area contributed by atoms with E-state index in [2.05, 4.69) is 14.7 Å². The molecule has 2 aliphatic heterocycles. The SMILES string of the molecule is COc1cc(SN2CC3(CNC3)C2)n(C)n1. The molecule has 5 nitrogen and oxygen atoms in total. The van der Waals surface area contributed by atoms with Crippen LogP contribution >= 0.6 is 11.9 Å². The van der Waals surface area contributed by atoms with Crippen molar-refractivity contribution < 1.29 is 4.74 Å². The van der Waals surface area contributed by atoms with Gasteiger partial charge in [-0.3, -0.25) is 4.68 Å². The van der Waals surface area contributed by atoms with Gasteiger partial charge in [-0.25, -0.2) is 4.31 Å². The van der Waals surface area contributed by atoms with E-state index in [1.54, 1.807) is 19.1 Å². The van der Waals surface area contributed by atoms with E-state index in [1.165, 1.54) is 26.2 Å². The van der Waals surface area contributed by atoms with E-state index >= 15 is 0 Å². The first kappa shape index (κ1) is 10.4. The molecule has 3 rings (SSSR count). The highest BCUT2D eigenvalue weighted by Crippen LogP contribution is 2.40. The molecule has 0 saturated carbocycles. The van der Waals surface area contributed by atoms with E-state index in [1.807, 2.05) is 17.8 Å². The van der Waals surface area contributed by atoms with Crippen molar-refractivity contribution in [3.63, 3.8) is 0 Å². The summed E-state index contributed by atoms with van der Waals surface area (Å²) in [6, 6.07) is 1.98. The molecule has 0 radical (unpaired) electrons. The van der Waals surface area contributed by atoms with Crippen molar-refractivity contribution in [1.82, 2.24) is 19.4 Å². The Morgan fingerprint density at radius 3 is 2.75 bits per heavy atom. The van der Waals surface area contributed by atoms with Crippen LogP contribution < -0.4 is 10.1 Å². The molecule has 2 saturated heterocycles. The summed E-state index contributed by atoms with van der Waals surface area (Å²) in [5, 5.41) is 8.72. The summed E-state index contributed by atoms with van der Waals surface area (Å²) in [7, 11) is 3.60. The minimum atomic E-state index is 0.579. The van der Waals surface area contributed by atoms with Crippen molar-refractivity contribution in [2.24, 2.45) is 12.5 Å². The summed E-state index contributed by atoms with van der Waals surface area (Å²) < 4.78 is 9.36. The monoisotopic (exact) mass is 240 g/mol. The second kappa shape index (κ2) is 3.65. The maximum Gasteiger partial charge on any atom is 0.233 e. The van der Waals surface area contributed by atoms with Crippen LogP contribution in [0.25, 0.3) is 0 Å². The molecule has 6 heteroatoms. The first-order valence-corrected chi connectivity index (χ1v) is 6.20. The van der Waals surface area contributed by atoms with Gasteiger partial charge in [0, 0.05) is 44.7 Å². The van der Waals surface area contributed by atoms with Crippen LogP contribution in [0.15, 0.2) is 11.1 Å². The lowest BCUT2D eigenvalue weighted by Gasteiger charge is -2.55. The molecular formula is C10H16N4OS. The third-order valence-corrected chi connectivity index (χ3v) is 4.36. The average Bonchev–Trinajstić information content (AvgIpc) is 2.49. The topological polar surface area (TPSA) is 42.3 Å². The Labute approximate surface area is 99.3 Å². The number of aromatic nitrogens is 2. The minimum Gasteiger partial charge on any atom is -0.480 e. The summed E-state index contributed by atoms with van der Waals surface area (Å²) in [6.45, 7) is 4.72. The van der Waals surface area contributed by atoms with E-state index < -0.39 is 0 Å². The third kappa shape index (κ3) is 1.61. The molecule has 1 N–H and O–H groups in total. The molecule has 2 fully saturated rings. The number of hydrogen-bond donors (Lipinski definition) is 1. The molecule has 1 aromatic heterocycles. The van der Waals surface area contributed by atoms with E-state index in [-0.39, 0.29) is 0 Å². The zero-order chi connectivity index (χ0) is 11.2. The molecule has 3 heterocycles. The highest BCUT2D eigenvalue weighted by molar-refractivity contribution is 7.97. The Balaban J connectivity index is 1.60. The van der Waals surface area contributed by atoms with Gasteiger partial charge in [0.1, 0.15) is 5.03 Å². The van der Waals surface area contributed by atoms with Crippen molar-refractivity contribution in [2.75, 3.05) is 33.3 Å². The Kier molecular flexibility index (Phi) is 2.38. The molecule has 1 spiro atoms. The van der Waals surface area contributed by atoms with Crippen LogP contribution in [0, 0.1) is 5.41 Å². The van der Waals surface area contributed by atoms with Gasteiger partial charge in [0.15, 0.2) is 0 Å². The molecule has 0 aromatic carbocycles. The molecule has 0 bridgehead atoms. The second-order valence-corrected chi connectivity index (χ2v) is 5.76. The average molecular weight is 240 g/mol. The van der Waals surface area contributed by atoms with Crippen molar-refractivity contribution in [1.29, 1.82) is 0 Å². The largest absolute Gasteiger partial charge is 0.480 e. The fourth-order valence-electron chi connectivity index (χ4n) is 2.21. The molecule has 1 aromatic rings. The van der Waals surface area contributed by atoms with Gasteiger partial charge < -0.3 is 10.1 Å². The Morgan fingerprint density at radius 1 is 1.50 bits per heavy atom. The van der Waals surface area contributed by atoms with E-state index in [4.69, 9.17) is 4.74 Å². The van der Waals surface area contributed by atoms with Gasteiger partial charge in [-0.1, -0.05) is 0 Å². The van der Waals surface area contributed by atoms with Gasteiger partial charge in [0.2, 0.25) is 5.88 Å². The smallest absolute Gasteiger partial charge is 0.233 e. The third-order valence-electron chi connectivity index (χ3n) is 3.27. The molecule has 0 atom stereocenters. The standard InChI is InChI=1S/C10H16N4OS/c1-13-9(3-8(12-13)15-2)16-14-6-10(7-14)4-11-5-10/h3,11H,4-7H2,1-2H3. The van der Waals surface area contributed by atoms with Crippen molar-refractivity contribution >= 4 is 11.9 Å². The molecule has 88 valence electrons. The first-order valence-electron chi connectivity index (χ1n) is 5.42. The molecule has 0 aliphatic carbocycles. The number of hydrogen-bond acceptors (Lipinski definition) is 5.